The Morgan fingerprint density at radius 2 is 1.76 bits per heavy atom. The largest absolute Gasteiger partial charge is 0.507 e. The predicted molar refractivity (Wildman–Crippen MR) is 119 cm³/mol. The van der Waals surface area contributed by atoms with Crippen LogP contribution in [0.1, 0.15) is 88.2 Å². The number of Topliss-reactive ketones (excluding diaryl/α,β-unsaturated/α-hetero) is 1. The second kappa shape index (κ2) is 10.8. The van der Waals surface area contributed by atoms with Crippen LogP contribution in [-0.4, -0.2) is 22.3 Å². The number of hydrogen-bond donors (Lipinski definition) is 2. The maximum absolute atomic E-state index is 12.0. The first-order chi connectivity index (χ1) is 13.4. The summed E-state index contributed by atoms with van der Waals surface area (Å²) in [6.45, 7) is 11.6. The minimum absolute atomic E-state index is 0.121. The smallest absolute Gasteiger partial charge is 0.154 e. The fourth-order valence-corrected chi connectivity index (χ4v) is 3.41. The van der Waals surface area contributed by atoms with Crippen molar-refractivity contribution >= 4 is 23.7 Å². The van der Waals surface area contributed by atoms with E-state index in [1.807, 2.05) is 20.8 Å². The number of aromatic hydroxyl groups is 2. The molecule has 162 valence electrons. The summed E-state index contributed by atoms with van der Waals surface area (Å²) in [5, 5.41) is 20.7. The summed E-state index contributed by atoms with van der Waals surface area (Å²) in [7, 11) is 0. The highest BCUT2D eigenvalue weighted by Gasteiger charge is 2.21. The summed E-state index contributed by atoms with van der Waals surface area (Å²) in [5.74, 6) is 0.336. The lowest BCUT2D eigenvalue weighted by atomic mass is 9.87. The molecule has 0 aromatic heterocycles. The van der Waals surface area contributed by atoms with Gasteiger partial charge in [0.25, 0.3) is 0 Å². The van der Waals surface area contributed by atoms with Crippen molar-refractivity contribution in [2.75, 3.05) is 0 Å². The molecular formula is C24H35ClO4. The Balaban J connectivity index is 2.59. The van der Waals surface area contributed by atoms with Crippen molar-refractivity contribution in [1.82, 2.24) is 0 Å². The molecule has 0 heterocycles. The van der Waals surface area contributed by atoms with Gasteiger partial charge in [-0.15, -0.1) is 0 Å². The normalized spacial score (nSPS) is 13.4. The third-order valence-electron chi connectivity index (χ3n) is 5.51. The van der Waals surface area contributed by atoms with E-state index in [1.165, 1.54) is 5.57 Å². The fourth-order valence-electron chi connectivity index (χ4n) is 3.20. The van der Waals surface area contributed by atoms with E-state index in [1.54, 1.807) is 6.92 Å². The summed E-state index contributed by atoms with van der Waals surface area (Å²) < 4.78 is 0. The van der Waals surface area contributed by atoms with Gasteiger partial charge in [0.2, 0.25) is 0 Å². The van der Waals surface area contributed by atoms with Crippen molar-refractivity contribution in [2.24, 2.45) is 11.3 Å². The number of hydrogen-bond acceptors (Lipinski definition) is 4. The number of phenols is 2. The van der Waals surface area contributed by atoms with Crippen LogP contribution in [0.3, 0.4) is 0 Å². The van der Waals surface area contributed by atoms with Gasteiger partial charge in [-0.3, -0.25) is 9.59 Å². The lowest BCUT2D eigenvalue weighted by molar-refractivity contribution is -0.126. The van der Waals surface area contributed by atoms with E-state index >= 15 is 0 Å². The average molecular weight is 423 g/mol. The Morgan fingerprint density at radius 3 is 2.31 bits per heavy atom. The fraction of sp³-hybridized carbons (Fsp3) is 0.583. The van der Waals surface area contributed by atoms with Crippen LogP contribution in [0.5, 0.6) is 11.5 Å². The maximum Gasteiger partial charge on any atom is 0.154 e. The third-order valence-corrected chi connectivity index (χ3v) is 5.97. The second-order valence-corrected chi connectivity index (χ2v) is 9.47. The standard InChI is InChI=1S/C24H35ClO4/c1-15(8-7-9-16(2)11-13-20(27)24(4,5)6)10-12-18-22(28)19(14-26)17(3)21(25)23(18)29/h9,14-15,28-29H,7-8,10-13H2,1-6H3/b16-9+. The molecule has 0 amide bonds. The monoisotopic (exact) mass is 422 g/mol. The predicted octanol–water partition coefficient (Wildman–Crippen LogP) is 6.56. The average Bonchev–Trinajstić information content (AvgIpc) is 2.64. The van der Waals surface area contributed by atoms with Gasteiger partial charge in [0.1, 0.15) is 17.3 Å². The molecule has 1 rings (SSSR count). The lowest BCUT2D eigenvalue weighted by Crippen LogP contribution is -2.19. The van der Waals surface area contributed by atoms with Crippen LogP contribution >= 0.6 is 11.6 Å². The highest BCUT2D eigenvalue weighted by atomic mass is 35.5. The van der Waals surface area contributed by atoms with E-state index < -0.39 is 0 Å². The Morgan fingerprint density at radius 1 is 1.14 bits per heavy atom. The van der Waals surface area contributed by atoms with Crippen LogP contribution in [0.2, 0.25) is 5.02 Å². The van der Waals surface area contributed by atoms with Crippen molar-refractivity contribution in [3.05, 3.63) is 33.4 Å². The van der Waals surface area contributed by atoms with E-state index in [4.69, 9.17) is 11.6 Å². The van der Waals surface area contributed by atoms with Gasteiger partial charge in [0.05, 0.1) is 10.6 Å². The van der Waals surface area contributed by atoms with Crippen LogP contribution in [0.25, 0.3) is 0 Å². The van der Waals surface area contributed by atoms with Crippen LogP contribution in [0.4, 0.5) is 0 Å². The van der Waals surface area contributed by atoms with Gasteiger partial charge in [-0.25, -0.2) is 0 Å². The summed E-state index contributed by atoms with van der Waals surface area (Å²) in [6, 6.07) is 0. The van der Waals surface area contributed by atoms with Gasteiger partial charge in [-0.2, -0.15) is 0 Å². The van der Waals surface area contributed by atoms with E-state index in [9.17, 15) is 19.8 Å². The molecule has 0 bridgehead atoms. The van der Waals surface area contributed by atoms with E-state index in [2.05, 4.69) is 19.9 Å². The third kappa shape index (κ3) is 7.18. The first-order valence-electron chi connectivity index (χ1n) is 10.3. The van der Waals surface area contributed by atoms with Gasteiger partial charge in [-0.1, -0.05) is 50.9 Å². The van der Waals surface area contributed by atoms with Crippen molar-refractivity contribution in [3.8, 4) is 11.5 Å². The molecule has 0 saturated carbocycles. The van der Waals surface area contributed by atoms with Crippen LogP contribution < -0.4 is 0 Å². The molecule has 0 aliphatic heterocycles. The van der Waals surface area contributed by atoms with Crippen molar-refractivity contribution in [2.45, 2.75) is 80.1 Å². The number of allylic oxidation sites excluding steroid dienone is 2. The molecule has 1 atom stereocenters. The lowest BCUT2D eigenvalue weighted by Gasteiger charge is -2.16. The molecular weight excluding hydrogens is 388 g/mol. The quantitative estimate of drug-likeness (QED) is 0.330. The SMILES string of the molecule is C/C(=C\CCC(C)CCc1c(O)c(Cl)c(C)c(C=O)c1O)CCC(=O)C(C)(C)C. The van der Waals surface area contributed by atoms with Crippen LogP contribution in [0, 0.1) is 18.3 Å². The molecule has 0 fully saturated rings. The van der Waals surface area contributed by atoms with E-state index in [-0.39, 0.29) is 33.3 Å². The van der Waals surface area contributed by atoms with Crippen LogP contribution in [0.15, 0.2) is 11.6 Å². The topological polar surface area (TPSA) is 74.6 Å². The Bertz CT molecular complexity index is 772. The van der Waals surface area contributed by atoms with Gasteiger partial charge < -0.3 is 10.2 Å². The highest BCUT2D eigenvalue weighted by Crippen LogP contribution is 2.41. The number of carbonyl (C=O) groups excluding carboxylic acids is 2. The Labute approximate surface area is 180 Å². The number of carbonyl (C=O) groups is 2. The van der Waals surface area contributed by atoms with Gasteiger partial charge in [-0.05, 0) is 57.4 Å². The molecule has 29 heavy (non-hydrogen) atoms. The molecule has 1 aromatic carbocycles. The zero-order valence-corrected chi connectivity index (χ0v) is 19.3. The van der Waals surface area contributed by atoms with Crippen LogP contribution in [-0.2, 0) is 11.2 Å². The minimum Gasteiger partial charge on any atom is -0.507 e. The number of phenolic OH excluding ortho intramolecular Hbond substituents is 2. The molecule has 0 saturated heterocycles. The van der Waals surface area contributed by atoms with Gasteiger partial charge in [0, 0.05) is 17.4 Å². The number of rotatable bonds is 10. The number of aldehydes is 1. The van der Waals surface area contributed by atoms with E-state index in [0.29, 0.717) is 36.2 Å². The zero-order valence-electron chi connectivity index (χ0n) is 18.6. The summed E-state index contributed by atoms with van der Waals surface area (Å²) in [4.78, 5) is 23.2. The summed E-state index contributed by atoms with van der Waals surface area (Å²) in [5.41, 5.74) is 1.81. The molecule has 0 aliphatic carbocycles. The zero-order chi connectivity index (χ0) is 22.4. The molecule has 5 heteroatoms. The maximum atomic E-state index is 12.0. The molecule has 0 radical (unpaired) electrons. The number of halogens is 1. The minimum atomic E-state index is -0.283. The second-order valence-electron chi connectivity index (χ2n) is 9.09. The molecule has 1 aromatic rings. The van der Waals surface area contributed by atoms with Crippen molar-refractivity contribution < 1.29 is 19.8 Å². The number of benzene rings is 1. The van der Waals surface area contributed by atoms with E-state index in [0.717, 1.165) is 25.7 Å². The van der Waals surface area contributed by atoms with Gasteiger partial charge in [0.15, 0.2) is 6.29 Å². The summed E-state index contributed by atoms with van der Waals surface area (Å²) in [6.07, 6.45) is 7.22. The summed E-state index contributed by atoms with van der Waals surface area (Å²) >= 11 is 6.10. The Kier molecular flexibility index (Phi) is 9.41. The first kappa shape index (κ1) is 25.2. The molecule has 1 unspecified atom stereocenters. The number of ketones is 1. The Hall–Kier alpha value is -1.81. The highest BCUT2D eigenvalue weighted by molar-refractivity contribution is 6.33. The van der Waals surface area contributed by atoms with Crippen molar-refractivity contribution in [1.29, 1.82) is 0 Å². The molecule has 0 spiro atoms. The van der Waals surface area contributed by atoms with Crippen molar-refractivity contribution in [3.63, 3.8) is 0 Å². The molecule has 0 aliphatic rings. The first-order valence-corrected chi connectivity index (χ1v) is 10.6. The molecule has 4 nitrogen and oxygen atoms in total. The molecule has 2 N–H and O–H groups in total. The van der Waals surface area contributed by atoms with Gasteiger partial charge >= 0.3 is 0 Å².